The molecule has 10 rings (SSSR count). The quantitative estimate of drug-likeness (QED) is 0.760. The zero-order valence-electron chi connectivity index (χ0n) is 10.8. The van der Waals surface area contributed by atoms with Crippen LogP contribution in [0.15, 0.2) is 0 Å². The molecule has 0 aromatic rings. The molecule has 18 heavy (non-hydrogen) atoms. The molecule has 100 valence electrons. The van der Waals surface area contributed by atoms with Crippen molar-refractivity contribution in [3.8, 4) is 0 Å². The van der Waals surface area contributed by atoms with Crippen LogP contribution in [0.25, 0.3) is 0 Å². The Bertz CT molecular complexity index is 733. The molecule has 0 aliphatic carbocycles. The van der Waals surface area contributed by atoms with Crippen molar-refractivity contribution in [2.24, 2.45) is 5.92 Å². The van der Waals surface area contributed by atoms with Gasteiger partial charge in [0.2, 0.25) is 0 Å². The Kier molecular flexibility index (Phi) is 0.276. The van der Waals surface area contributed by atoms with Crippen LogP contribution in [0.5, 0.6) is 0 Å². The minimum absolute atomic E-state index is 0.181. The van der Waals surface area contributed by atoms with Crippen LogP contribution < -0.4 is 0 Å². The SMILES string of the molecule is CCC(C)C(=O)O.[CH]12[CH]3[CH]4[CH]5[CH]1[Fe]23451678[CH]2[CH]1[CH]6[CH]7[CH]28. The van der Waals surface area contributed by atoms with Crippen molar-refractivity contribution in [3.05, 3.63) is 0 Å². The summed E-state index contributed by atoms with van der Waals surface area (Å²) >= 11 is 0. The van der Waals surface area contributed by atoms with E-state index in [1.165, 1.54) is 0 Å². The molecular formula is C15H20FeO2. The van der Waals surface area contributed by atoms with Crippen molar-refractivity contribution in [1.82, 2.24) is 0 Å². The molecule has 0 amide bonds. The van der Waals surface area contributed by atoms with Crippen molar-refractivity contribution in [1.29, 1.82) is 0 Å². The normalized spacial score (nSPS) is 110. The van der Waals surface area contributed by atoms with Crippen molar-refractivity contribution >= 4 is 5.97 Å². The number of fused-ring (bicyclic) bond motifs is 10. The fourth-order valence-electron chi connectivity index (χ4n) is 16.0. The molecule has 1 unspecified atom stereocenters. The van der Waals surface area contributed by atoms with Gasteiger partial charge in [0.25, 0.3) is 0 Å². The Balaban J connectivity index is 0.0000000885. The van der Waals surface area contributed by atoms with Crippen LogP contribution in [0.2, 0.25) is 48.2 Å². The molecule has 10 aliphatic rings. The molecule has 0 aromatic heterocycles. The fourth-order valence-corrected chi connectivity index (χ4v) is 88.2. The first-order valence-corrected chi connectivity index (χ1v) is 14.2. The molecule has 10 heterocycles. The summed E-state index contributed by atoms with van der Waals surface area (Å²) in [5, 5.41) is 8.18. The predicted molar refractivity (Wildman–Crippen MR) is 64.6 cm³/mol. The third-order valence-corrected chi connectivity index (χ3v) is 57.5. The summed E-state index contributed by atoms with van der Waals surface area (Å²) in [6, 6.07) is 0. The molecule has 0 saturated carbocycles. The first-order valence-electron chi connectivity index (χ1n) is 7.78. The zero-order chi connectivity index (χ0) is 12.0. The van der Waals surface area contributed by atoms with Crippen LogP contribution in [-0.2, 0) is 11.3 Å². The van der Waals surface area contributed by atoms with Gasteiger partial charge in [0.15, 0.2) is 0 Å². The summed E-state index contributed by atoms with van der Waals surface area (Å²) in [5.41, 5.74) is 0. The van der Waals surface area contributed by atoms with Crippen LogP contribution in [0.1, 0.15) is 20.3 Å². The number of carboxylic acids is 1. The maximum atomic E-state index is 9.93. The van der Waals surface area contributed by atoms with Crippen LogP contribution in [0.4, 0.5) is 0 Å². The summed E-state index contributed by atoms with van der Waals surface area (Å²) in [4.78, 5) is 25.8. The Labute approximate surface area is 96.8 Å². The van der Waals surface area contributed by atoms with E-state index in [1.54, 1.807) is 55.1 Å². The van der Waals surface area contributed by atoms with Gasteiger partial charge in [0.05, 0.1) is 5.92 Å². The van der Waals surface area contributed by atoms with Gasteiger partial charge in [0.1, 0.15) is 0 Å². The van der Waals surface area contributed by atoms with E-state index in [1.807, 2.05) is 6.92 Å². The Morgan fingerprint density at radius 3 is 1.22 bits per heavy atom. The van der Waals surface area contributed by atoms with Gasteiger partial charge >= 0.3 is 60.6 Å². The topological polar surface area (TPSA) is 37.3 Å². The molecule has 10 fully saturated rings. The van der Waals surface area contributed by atoms with Crippen molar-refractivity contribution in [2.45, 2.75) is 68.4 Å². The number of aliphatic carboxylic acids is 1. The fraction of sp³-hybridized carbons (Fsp3) is 0.933. The summed E-state index contributed by atoms with van der Waals surface area (Å²) in [7, 11) is 0. The third-order valence-electron chi connectivity index (χ3n) is 15.6. The Morgan fingerprint density at radius 1 is 0.944 bits per heavy atom. The van der Waals surface area contributed by atoms with Crippen molar-refractivity contribution < 1.29 is 16.4 Å². The second kappa shape index (κ2) is 0.646. The van der Waals surface area contributed by atoms with Gasteiger partial charge in [-0.25, -0.2) is 0 Å². The van der Waals surface area contributed by atoms with E-state index in [4.69, 9.17) is 5.11 Å². The molecule has 0 radical (unpaired) electrons. The van der Waals surface area contributed by atoms with Crippen LogP contribution in [-0.4, -0.2) is 11.1 Å². The second-order valence-corrected chi connectivity index (χ2v) is 35.2. The molecule has 10 saturated heterocycles. The number of hydrogen-bond acceptors (Lipinski definition) is 1. The number of carbonyl (C=O) groups is 1. The molecule has 10 aliphatic heterocycles. The number of carboxylic acid groups (broad SMARTS) is 1. The van der Waals surface area contributed by atoms with Gasteiger partial charge in [0, 0.05) is 0 Å². The number of rotatable bonds is 2. The summed E-state index contributed by atoms with van der Waals surface area (Å²) in [6.07, 6.45) is 0.718. The maximum absolute atomic E-state index is 9.93. The van der Waals surface area contributed by atoms with Gasteiger partial charge in [-0.2, -0.15) is 0 Å². The molecule has 3 heteroatoms. The molecule has 1 spiro atoms. The molecular weight excluding hydrogens is 268 g/mol. The van der Waals surface area contributed by atoms with Gasteiger partial charge in [-0.15, -0.1) is 0 Å². The van der Waals surface area contributed by atoms with Gasteiger partial charge in [-0.1, -0.05) is 13.8 Å². The van der Waals surface area contributed by atoms with E-state index in [0.717, 1.165) is 6.42 Å². The number of hydrogen-bond donors (Lipinski definition) is 1. The summed E-state index contributed by atoms with van der Waals surface area (Å²) < 4.78 is 0. The van der Waals surface area contributed by atoms with E-state index in [-0.39, 0.29) is 5.92 Å². The Morgan fingerprint density at radius 2 is 1.22 bits per heavy atom. The first-order chi connectivity index (χ1) is 8.34. The van der Waals surface area contributed by atoms with E-state index in [9.17, 15) is 4.79 Å². The summed E-state index contributed by atoms with van der Waals surface area (Å²) in [5.74, 6) is -0.887. The van der Waals surface area contributed by atoms with Crippen LogP contribution >= 0.6 is 0 Å². The van der Waals surface area contributed by atoms with E-state index < -0.39 is 12.5 Å². The third kappa shape index (κ3) is 0.0847. The molecule has 0 aromatic carbocycles. The summed E-state index contributed by atoms with van der Waals surface area (Å²) in [6.45, 7) is 1.27. The average Bonchev–Trinajstić information content (AvgIpc) is 3.30. The van der Waals surface area contributed by atoms with Crippen LogP contribution in [0.3, 0.4) is 0 Å². The zero-order valence-corrected chi connectivity index (χ0v) is 11.9. The standard InChI is InChI=1S/C5H10O2.2C5H5.Fe/c1-3-4(2)5(6)7;2*1-2-4-5-3-1;/h4H,3H2,1-2H3,(H,6,7);2*1-5H;. The van der Waals surface area contributed by atoms with Crippen LogP contribution in [0, 0.1) is 5.92 Å². The van der Waals surface area contributed by atoms with E-state index in [2.05, 4.69) is 0 Å². The van der Waals surface area contributed by atoms with Gasteiger partial charge in [-0.3, -0.25) is 4.79 Å². The monoisotopic (exact) mass is 288 g/mol. The van der Waals surface area contributed by atoms with Crippen molar-refractivity contribution in [2.75, 3.05) is 0 Å². The van der Waals surface area contributed by atoms with E-state index in [0.29, 0.717) is 0 Å². The second-order valence-electron chi connectivity index (χ2n) is 11.2. The van der Waals surface area contributed by atoms with Gasteiger partial charge < -0.3 is 5.11 Å². The Hall–Kier alpha value is -0.0105. The first kappa shape index (κ1) is 7.69. The molecule has 1 N–H and O–H groups in total. The van der Waals surface area contributed by atoms with Crippen molar-refractivity contribution in [3.63, 3.8) is 0 Å². The molecule has 1 atom stereocenters. The predicted octanol–water partition coefficient (Wildman–Crippen LogP) is 4.49. The molecule has 0 bridgehead atoms. The minimum atomic E-state index is -2.28. The molecule has 2 nitrogen and oxygen atoms in total. The van der Waals surface area contributed by atoms with Gasteiger partial charge in [-0.05, 0) is 6.42 Å². The average molecular weight is 288 g/mol. The van der Waals surface area contributed by atoms with E-state index >= 15 is 0 Å².